The number of hydrogen-bond acceptors (Lipinski definition) is 5. The molecule has 0 aliphatic carbocycles. The summed E-state index contributed by atoms with van der Waals surface area (Å²) in [7, 11) is 3.63. The summed E-state index contributed by atoms with van der Waals surface area (Å²) in [6, 6.07) is 7.90. The van der Waals surface area contributed by atoms with Gasteiger partial charge in [-0.05, 0) is 31.2 Å². The standard InChI is InChI=1S/C17H27N3O3/c1-19(11-14-3-5-15(23-2)6-4-14)12-17(22)8-10-20(13-17)16(21)7-9-18/h3-6,22H,7-13,18H2,1-2H3/t17-/m0/s1. The first kappa shape index (κ1) is 17.7. The predicted octanol–water partition coefficient (Wildman–Crippen LogP) is 0.439. The van der Waals surface area contributed by atoms with Crippen LogP contribution in [-0.4, -0.2) is 66.8 Å². The Morgan fingerprint density at radius 2 is 2.13 bits per heavy atom. The average molecular weight is 321 g/mol. The number of aliphatic hydroxyl groups is 1. The van der Waals surface area contributed by atoms with Gasteiger partial charge in [-0.25, -0.2) is 0 Å². The average Bonchev–Trinajstić information content (AvgIpc) is 2.90. The summed E-state index contributed by atoms with van der Waals surface area (Å²) in [6.07, 6.45) is 0.952. The lowest BCUT2D eigenvalue weighted by atomic mass is 10.0. The zero-order valence-electron chi connectivity index (χ0n) is 14.0. The van der Waals surface area contributed by atoms with Crippen molar-refractivity contribution < 1.29 is 14.6 Å². The number of hydrogen-bond donors (Lipinski definition) is 2. The van der Waals surface area contributed by atoms with Crippen molar-refractivity contribution in [3.8, 4) is 5.75 Å². The Bertz CT molecular complexity index is 520. The van der Waals surface area contributed by atoms with Crippen molar-refractivity contribution in [2.75, 3.05) is 40.3 Å². The Balaban J connectivity index is 1.86. The Morgan fingerprint density at radius 3 is 2.74 bits per heavy atom. The third-order valence-electron chi connectivity index (χ3n) is 4.22. The van der Waals surface area contributed by atoms with Gasteiger partial charge in [-0.2, -0.15) is 0 Å². The first-order valence-corrected chi connectivity index (χ1v) is 7.97. The fraction of sp³-hybridized carbons (Fsp3) is 0.588. The number of benzene rings is 1. The largest absolute Gasteiger partial charge is 0.497 e. The van der Waals surface area contributed by atoms with Crippen LogP contribution in [0.1, 0.15) is 18.4 Å². The number of nitrogens with zero attached hydrogens (tertiary/aromatic N) is 2. The summed E-state index contributed by atoms with van der Waals surface area (Å²) in [6.45, 7) is 2.62. The molecular formula is C17H27N3O3. The van der Waals surface area contributed by atoms with Crippen molar-refractivity contribution in [2.24, 2.45) is 5.73 Å². The summed E-state index contributed by atoms with van der Waals surface area (Å²) in [4.78, 5) is 15.7. The highest BCUT2D eigenvalue weighted by Crippen LogP contribution is 2.23. The van der Waals surface area contributed by atoms with Gasteiger partial charge < -0.3 is 20.5 Å². The molecule has 1 fully saturated rings. The molecule has 1 aliphatic rings. The van der Waals surface area contributed by atoms with E-state index in [1.807, 2.05) is 31.3 Å². The number of carbonyl (C=O) groups excluding carboxylic acids is 1. The second-order valence-electron chi connectivity index (χ2n) is 6.35. The molecule has 1 aromatic carbocycles. The molecule has 23 heavy (non-hydrogen) atoms. The van der Waals surface area contributed by atoms with Crippen molar-refractivity contribution in [2.45, 2.75) is 25.0 Å². The van der Waals surface area contributed by atoms with E-state index >= 15 is 0 Å². The van der Waals surface area contributed by atoms with Crippen LogP contribution in [0.3, 0.4) is 0 Å². The van der Waals surface area contributed by atoms with Crippen LogP contribution in [0.4, 0.5) is 0 Å². The molecule has 0 spiro atoms. The minimum absolute atomic E-state index is 0.0289. The normalized spacial score (nSPS) is 21.0. The third kappa shape index (κ3) is 4.92. The summed E-state index contributed by atoms with van der Waals surface area (Å²) >= 11 is 0. The second kappa shape index (κ2) is 7.77. The monoisotopic (exact) mass is 321 g/mol. The summed E-state index contributed by atoms with van der Waals surface area (Å²) in [5.74, 6) is 0.862. The first-order chi connectivity index (χ1) is 11.0. The highest BCUT2D eigenvalue weighted by atomic mass is 16.5. The van der Waals surface area contributed by atoms with Crippen LogP contribution < -0.4 is 10.5 Å². The number of ether oxygens (including phenoxy) is 1. The lowest BCUT2D eigenvalue weighted by Crippen LogP contribution is -2.44. The van der Waals surface area contributed by atoms with Crippen LogP contribution in [-0.2, 0) is 11.3 Å². The Kier molecular flexibility index (Phi) is 5.98. The molecule has 3 N–H and O–H groups in total. The van der Waals surface area contributed by atoms with Crippen molar-refractivity contribution in [1.82, 2.24) is 9.80 Å². The lowest BCUT2D eigenvalue weighted by Gasteiger charge is -2.29. The maximum absolute atomic E-state index is 11.9. The summed E-state index contributed by atoms with van der Waals surface area (Å²) in [5.41, 5.74) is 5.74. The van der Waals surface area contributed by atoms with Gasteiger partial charge in [0, 0.05) is 32.6 Å². The number of methoxy groups -OCH3 is 1. The van der Waals surface area contributed by atoms with Gasteiger partial charge in [-0.1, -0.05) is 12.1 Å². The second-order valence-corrected chi connectivity index (χ2v) is 6.35. The van der Waals surface area contributed by atoms with E-state index in [-0.39, 0.29) is 5.91 Å². The molecule has 128 valence electrons. The van der Waals surface area contributed by atoms with Gasteiger partial charge in [0.2, 0.25) is 5.91 Å². The van der Waals surface area contributed by atoms with Gasteiger partial charge in [0.25, 0.3) is 0 Å². The number of amides is 1. The quantitative estimate of drug-likeness (QED) is 0.762. The van der Waals surface area contributed by atoms with E-state index in [4.69, 9.17) is 10.5 Å². The molecular weight excluding hydrogens is 294 g/mol. The van der Waals surface area contributed by atoms with Crippen LogP contribution in [0.25, 0.3) is 0 Å². The van der Waals surface area contributed by atoms with E-state index in [2.05, 4.69) is 4.90 Å². The third-order valence-corrected chi connectivity index (χ3v) is 4.22. The van der Waals surface area contributed by atoms with Gasteiger partial charge in [-0.3, -0.25) is 9.69 Å². The van der Waals surface area contributed by atoms with E-state index in [0.29, 0.717) is 39.0 Å². The van der Waals surface area contributed by atoms with Crippen molar-refractivity contribution >= 4 is 5.91 Å². The Hall–Kier alpha value is -1.63. The van der Waals surface area contributed by atoms with E-state index < -0.39 is 5.60 Å². The van der Waals surface area contributed by atoms with Crippen LogP contribution in [0, 0.1) is 0 Å². The fourth-order valence-electron chi connectivity index (χ4n) is 3.08. The van der Waals surface area contributed by atoms with Gasteiger partial charge >= 0.3 is 0 Å². The van der Waals surface area contributed by atoms with E-state index in [0.717, 1.165) is 17.9 Å². The van der Waals surface area contributed by atoms with E-state index in [9.17, 15) is 9.90 Å². The molecule has 1 amide bonds. The smallest absolute Gasteiger partial charge is 0.223 e. The van der Waals surface area contributed by atoms with Gasteiger partial charge in [-0.15, -0.1) is 0 Å². The summed E-state index contributed by atoms with van der Waals surface area (Å²) < 4.78 is 5.15. The zero-order chi connectivity index (χ0) is 16.9. The van der Waals surface area contributed by atoms with Crippen LogP contribution in [0.5, 0.6) is 5.75 Å². The number of β-amino-alcohol motifs (C(OH)–C–C–N with tert-alkyl or cyclic N) is 1. The molecule has 0 saturated carbocycles. The summed E-state index contributed by atoms with van der Waals surface area (Å²) in [5, 5.41) is 10.7. The molecule has 6 heteroatoms. The van der Waals surface area contributed by atoms with Gasteiger partial charge in [0.15, 0.2) is 0 Å². The molecule has 0 radical (unpaired) electrons. The number of likely N-dealkylation sites (N-methyl/N-ethyl adjacent to an activating group) is 1. The Morgan fingerprint density at radius 1 is 1.43 bits per heavy atom. The first-order valence-electron chi connectivity index (χ1n) is 7.97. The van der Waals surface area contributed by atoms with Crippen molar-refractivity contribution in [3.63, 3.8) is 0 Å². The molecule has 0 bridgehead atoms. The zero-order valence-corrected chi connectivity index (χ0v) is 14.0. The molecule has 0 aromatic heterocycles. The highest BCUT2D eigenvalue weighted by Gasteiger charge is 2.38. The maximum atomic E-state index is 11.9. The number of likely N-dealkylation sites (tertiary alicyclic amines) is 1. The van der Waals surface area contributed by atoms with Gasteiger partial charge in [0.05, 0.1) is 19.3 Å². The van der Waals surface area contributed by atoms with Crippen molar-refractivity contribution in [3.05, 3.63) is 29.8 Å². The van der Waals surface area contributed by atoms with Gasteiger partial charge in [0.1, 0.15) is 5.75 Å². The van der Waals surface area contributed by atoms with Crippen LogP contribution in [0.15, 0.2) is 24.3 Å². The maximum Gasteiger partial charge on any atom is 0.223 e. The number of nitrogens with two attached hydrogens (primary N) is 1. The number of rotatable bonds is 7. The van der Waals surface area contributed by atoms with E-state index in [1.54, 1.807) is 12.0 Å². The highest BCUT2D eigenvalue weighted by molar-refractivity contribution is 5.76. The molecule has 1 aliphatic heterocycles. The van der Waals surface area contributed by atoms with Crippen LogP contribution in [0.2, 0.25) is 0 Å². The molecule has 1 heterocycles. The molecule has 6 nitrogen and oxygen atoms in total. The molecule has 0 unspecified atom stereocenters. The molecule has 1 saturated heterocycles. The van der Waals surface area contributed by atoms with Crippen molar-refractivity contribution in [1.29, 1.82) is 0 Å². The Labute approximate surface area is 137 Å². The molecule has 2 rings (SSSR count). The topological polar surface area (TPSA) is 79.0 Å². The number of carbonyl (C=O) groups is 1. The minimum Gasteiger partial charge on any atom is -0.497 e. The minimum atomic E-state index is -0.842. The fourth-order valence-corrected chi connectivity index (χ4v) is 3.08. The molecule has 1 aromatic rings. The van der Waals surface area contributed by atoms with Crippen LogP contribution >= 0.6 is 0 Å². The van der Waals surface area contributed by atoms with E-state index in [1.165, 1.54) is 0 Å². The lowest BCUT2D eigenvalue weighted by molar-refractivity contribution is -0.131. The molecule has 1 atom stereocenters. The predicted molar refractivity (Wildman–Crippen MR) is 89.1 cm³/mol. The SMILES string of the molecule is COc1ccc(CN(C)C[C@@]2(O)CCN(C(=O)CCN)C2)cc1.